The molecule has 126 valence electrons. The summed E-state index contributed by atoms with van der Waals surface area (Å²) in [6.45, 7) is 0. The number of aryl methyl sites for hydroxylation is 1. The Morgan fingerprint density at radius 3 is 2.42 bits per heavy atom. The molecule has 0 spiro atoms. The Morgan fingerprint density at radius 2 is 1.75 bits per heavy atom. The van der Waals surface area contributed by atoms with E-state index in [1.165, 1.54) is 0 Å². The molecule has 6 heteroatoms. The third kappa shape index (κ3) is 2.91. The number of hydrogen-bond acceptors (Lipinski definition) is 6. The largest absolute Gasteiger partial charge is 0.492 e. The van der Waals surface area contributed by atoms with Gasteiger partial charge in [-0.1, -0.05) is 6.07 Å². The van der Waals surface area contributed by atoms with Crippen LogP contribution in [-0.4, -0.2) is 14.2 Å². The maximum atomic E-state index is 12.2. The summed E-state index contributed by atoms with van der Waals surface area (Å²) < 4.78 is 11.1. The summed E-state index contributed by atoms with van der Waals surface area (Å²) in [6.07, 6.45) is 1.63. The van der Waals surface area contributed by atoms with E-state index in [1.807, 2.05) is 12.1 Å². The van der Waals surface area contributed by atoms with Crippen LogP contribution in [0.15, 0.2) is 38.9 Å². The van der Waals surface area contributed by atoms with E-state index in [1.54, 1.807) is 26.4 Å². The van der Waals surface area contributed by atoms with Crippen LogP contribution in [0.3, 0.4) is 0 Å². The monoisotopic (exact) mass is 378 g/mol. The van der Waals surface area contributed by atoms with Crippen LogP contribution >= 0.6 is 37.9 Å². The predicted molar refractivity (Wildman–Crippen MR) is 106 cm³/mol. The minimum atomic E-state index is -0.112. The molecule has 0 fully saturated rings. The van der Waals surface area contributed by atoms with Crippen molar-refractivity contribution in [1.29, 1.82) is 0 Å². The number of thiol groups is 3. The van der Waals surface area contributed by atoms with Crippen molar-refractivity contribution in [2.24, 2.45) is 0 Å². The highest BCUT2D eigenvalue weighted by Gasteiger charge is 2.26. The molecule has 3 nitrogen and oxygen atoms in total. The Morgan fingerprint density at radius 1 is 1.04 bits per heavy atom. The van der Waals surface area contributed by atoms with Gasteiger partial charge in [0.1, 0.15) is 0 Å². The molecule has 0 saturated heterocycles. The van der Waals surface area contributed by atoms with Crippen LogP contribution in [0.1, 0.15) is 22.8 Å². The molecule has 1 aliphatic carbocycles. The first-order valence-corrected chi connectivity index (χ1v) is 8.91. The van der Waals surface area contributed by atoms with Crippen LogP contribution in [0.25, 0.3) is 11.1 Å². The average molecular weight is 379 g/mol. The van der Waals surface area contributed by atoms with Gasteiger partial charge in [0.25, 0.3) is 0 Å². The van der Waals surface area contributed by atoms with Gasteiger partial charge in [0.15, 0.2) is 16.9 Å². The third-order valence-electron chi connectivity index (χ3n) is 4.28. The summed E-state index contributed by atoms with van der Waals surface area (Å²) in [5, 5.41) is -0.0423. The van der Waals surface area contributed by atoms with Gasteiger partial charge in [-0.3, -0.25) is 4.79 Å². The van der Waals surface area contributed by atoms with Crippen LogP contribution in [-0.2, 0) is 6.42 Å². The second-order valence-electron chi connectivity index (χ2n) is 5.65. The summed E-state index contributed by atoms with van der Waals surface area (Å²) in [5.41, 5.74) is 3.73. The van der Waals surface area contributed by atoms with Crippen LogP contribution in [0.5, 0.6) is 11.5 Å². The molecule has 0 N–H and O–H groups in total. The lowest BCUT2D eigenvalue weighted by Gasteiger charge is -2.18. The highest BCUT2D eigenvalue weighted by Crippen LogP contribution is 2.49. The third-order valence-corrected chi connectivity index (χ3v) is 5.52. The minimum Gasteiger partial charge on any atom is -0.492 e. The Kier molecular flexibility index (Phi) is 5.08. The van der Waals surface area contributed by atoms with Crippen LogP contribution < -0.4 is 14.9 Å². The SMILES string of the molecule is COc1c(S)cc2c(c1OC)-c1ccc(S)c(=O)cc1C(S)CC2. The molecule has 0 aliphatic heterocycles. The molecular formula is C18H18O3S3. The zero-order valence-electron chi connectivity index (χ0n) is 13.4. The fourth-order valence-electron chi connectivity index (χ4n) is 3.15. The number of ether oxygens (including phenoxy) is 2. The number of methoxy groups -OCH3 is 2. The van der Waals surface area contributed by atoms with Crippen LogP contribution in [0.2, 0.25) is 0 Å². The van der Waals surface area contributed by atoms with Crippen molar-refractivity contribution in [3.05, 3.63) is 45.6 Å². The van der Waals surface area contributed by atoms with Crippen molar-refractivity contribution in [2.75, 3.05) is 14.2 Å². The van der Waals surface area contributed by atoms with Gasteiger partial charge < -0.3 is 9.47 Å². The molecule has 0 heterocycles. The van der Waals surface area contributed by atoms with Crippen molar-refractivity contribution in [3.8, 4) is 22.6 Å². The van der Waals surface area contributed by atoms with E-state index >= 15 is 0 Å². The molecule has 0 radical (unpaired) electrons. The highest BCUT2D eigenvalue weighted by molar-refractivity contribution is 7.80. The maximum Gasteiger partial charge on any atom is 0.192 e. The summed E-state index contributed by atoms with van der Waals surface area (Å²) in [6, 6.07) is 7.26. The van der Waals surface area contributed by atoms with Crippen molar-refractivity contribution in [2.45, 2.75) is 27.9 Å². The summed E-state index contributed by atoms with van der Waals surface area (Å²) in [5.74, 6) is 1.21. The zero-order valence-corrected chi connectivity index (χ0v) is 16.1. The molecule has 3 rings (SSSR count). The molecule has 0 amide bonds. The Labute approximate surface area is 157 Å². The summed E-state index contributed by atoms with van der Waals surface area (Å²) >= 11 is 13.5. The van der Waals surface area contributed by atoms with E-state index < -0.39 is 0 Å². The number of hydrogen-bond donors (Lipinski definition) is 3. The summed E-state index contributed by atoms with van der Waals surface area (Å²) in [7, 11) is 3.20. The van der Waals surface area contributed by atoms with Gasteiger partial charge in [0.05, 0.1) is 24.0 Å². The Bertz CT molecular complexity index is 865. The first-order chi connectivity index (χ1) is 11.5. The molecule has 2 aromatic rings. The fraction of sp³-hybridized carbons (Fsp3) is 0.278. The van der Waals surface area contributed by atoms with E-state index in [-0.39, 0.29) is 10.7 Å². The summed E-state index contributed by atoms with van der Waals surface area (Å²) in [4.78, 5) is 13.3. The minimum absolute atomic E-state index is 0.0423. The highest BCUT2D eigenvalue weighted by atomic mass is 32.1. The zero-order chi connectivity index (χ0) is 17.4. The topological polar surface area (TPSA) is 35.5 Å². The van der Waals surface area contributed by atoms with Gasteiger partial charge in [-0.15, -0.1) is 25.3 Å². The lowest BCUT2D eigenvalue weighted by atomic mass is 9.96. The average Bonchev–Trinajstić information content (AvgIpc) is 2.78. The molecule has 2 aromatic carbocycles. The van der Waals surface area contributed by atoms with Crippen LogP contribution in [0.4, 0.5) is 0 Å². The number of benzene rings is 1. The van der Waals surface area contributed by atoms with Crippen molar-refractivity contribution in [3.63, 3.8) is 0 Å². The first-order valence-electron chi connectivity index (χ1n) is 7.50. The lowest BCUT2D eigenvalue weighted by Crippen LogP contribution is -2.00. The number of fused-ring (bicyclic) bond motifs is 3. The van der Waals surface area contributed by atoms with Crippen molar-refractivity contribution < 1.29 is 9.47 Å². The molecule has 24 heavy (non-hydrogen) atoms. The molecular weight excluding hydrogens is 360 g/mol. The lowest BCUT2D eigenvalue weighted by molar-refractivity contribution is 0.349. The van der Waals surface area contributed by atoms with E-state index in [0.717, 1.165) is 40.0 Å². The van der Waals surface area contributed by atoms with Gasteiger partial charge in [-0.05, 0) is 47.7 Å². The Hall–Kier alpha value is -1.24. The van der Waals surface area contributed by atoms with E-state index in [9.17, 15) is 4.79 Å². The standard InChI is InChI=1S/C18H18O3S3/c1-20-17-15(24)7-9-3-5-13(22)11-8-12(19)14(23)6-4-10(11)16(9)18(17)21-2/h4,6-8,13,22,24H,3,5H2,1-2H3,(H,19,23). The first kappa shape index (κ1) is 17.6. The van der Waals surface area contributed by atoms with Gasteiger partial charge in [0.2, 0.25) is 0 Å². The van der Waals surface area contributed by atoms with Crippen molar-refractivity contribution in [1.82, 2.24) is 0 Å². The van der Waals surface area contributed by atoms with E-state index in [0.29, 0.717) is 16.4 Å². The molecule has 0 saturated carbocycles. The van der Waals surface area contributed by atoms with E-state index in [4.69, 9.17) is 22.1 Å². The van der Waals surface area contributed by atoms with Gasteiger partial charge in [-0.2, -0.15) is 12.6 Å². The van der Waals surface area contributed by atoms with E-state index in [2.05, 4.69) is 25.3 Å². The van der Waals surface area contributed by atoms with Gasteiger partial charge in [-0.25, -0.2) is 0 Å². The Balaban J connectivity index is 2.46. The second-order valence-corrected chi connectivity index (χ2v) is 7.23. The second kappa shape index (κ2) is 6.94. The normalized spacial score (nSPS) is 16.0. The van der Waals surface area contributed by atoms with Crippen LogP contribution in [0, 0.1) is 0 Å². The fourth-order valence-corrected chi connectivity index (χ4v) is 3.98. The quantitative estimate of drug-likeness (QED) is 0.685. The molecule has 1 unspecified atom stereocenters. The molecule has 1 atom stereocenters. The smallest absolute Gasteiger partial charge is 0.192 e. The van der Waals surface area contributed by atoms with Crippen molar-refractivity contribution >= 4 is 37.9 Å². The maximum absolute atomic E-state index is 12.2. The van der Waals surface area contributed by atoms with Gasteiger partial charge >= 0.3 is 0 Å². The molecule has 0 bridgehead atoms. The predicted octanol–water partition coefficient (Wildman–Crippen LogP) is 4.23. The number of rotatable bonds is 2. The van der Waals surface area contributed by atoms with Gasteiger partial charge in [0, 0.05) is 10.8 Å². The molecule has 1 aliphatic rings. The molecule has 0 aromatic heterocycles.